The van der Waals surface area contributed by atoms with E-state index in [1.54, 1.807) is 4.90 Å². The summed E-state index contributed by atoms with van der Waals surface area (Å²) in [6.45, 7) is 7.72. The number of hydrogen-bond donors (Lipinski definition) is 2. The molecule has 0 aromatic carbocycles. The Morgan fingerprint density at radius 2 is 1.75 bits per heavy atom. The van der Waals surface area contributed by atoms with Gasteiger partial charge in [-0.3, -0.25) is 0 Å². The zero-order valence-corrected chi connectivity index (χ0v) is 15.1. The number of methoxy groups -OCH3 is 1. The summed E-state index contributed by atoms with van der Waals surface area (Å²) in [6, 6.07) is 0.0354. The van der Waals surface area contributed by atoms with Gasteiger partial charge in [-0.05, 0) is 57.7 Å². The molecule has 0 bridgehead atoms. The molecule has 3 amide bonds. The highest BCUT2D eigenvalue weighted by Crippen LogP contribution is 2.15. The lowest BCUT2D eigenvalue weighted by atomic mass is 9.99. The van der Waals surface area contributed by atoms with Gasteiger partial charge in [-0.15, -0.1) is 0 Å². The van der Waals surface area contributed by atoms with E-state index in [4.69, 9.17) is 4.74 Å². The summed E-state index contributed by atoms with van der Waals surface area (Å²) in [5.74, 6) is 0.857. The van der Waals surface area contributed by atoms with Crippen molar-refractivity contribution >= 4 is 12.1 Å². The molecule has 2 rings (SSSR count). The summed E-state index contributed by atoms with van der Waals surface area (Å²) >= 11 is 0. The van der Waals surface area contributed by atoms with Crippen molar-refractivity contribution in [3.8, 4) is 0 Å². The van der Waals surface area contributed by atoms with E-state index in [9.17, 15) is 9.59 Å². The van der Waals surface area contributed by atoms with E-state index in [0.29, 0.717) is 19.6 Å². The van der Waals surface area contributed by atoms with E-state index in [-0.39, 0.29) is 18.2 Å². The zero-order chi connectivity index (χ0) is 17.4. The Labute approximate surface area is 145 Å². The minimum Gasteiger partial charge on any atom is -0.453 e. The lowest BCUT2D eigenvalue weighted by Crippen LogP contribution is -2.49. The number of rotatable bonds is 5. The first-order valence-corrected chi connectivity index (χ1v) is 9.18. The van der Waals surface area contributed by atoms with E-state index < -0.39 is 0 Å². The number of nitrogens with zero attached hydrogens (tertiary/aromatic N) is 2. The fraction of sp³-hybridized carbons (Fsp3) is 0.882. The SMILES string of the molecule is COC(=O)N1CCC(NC(=O)NCCCN2CCC(C)CC2)CC1. The third kappa shape index (κ3) is 6.19. The Hall–Kier alpha value is -1.50. The molecule has 2 aliphatic heterocycles. The van der Waals surface area contributed by atoms with Crippen LogP contribution in [0.25, 0.3) is 0 Å². The standard InChI is InChI=1S/C17H32N4O3/c1-14-4-10-20(11-5-14)9-3-8-18-16(22)19-15-6-12-21(13-7-15)17(23)24-2/h14-15H,3-13H2,1-2H3,(H2,18,19,22). The molecule has 0 radical (unpaired) electrons. The normalized spacial score (nSPS) is 20.7. The van der Waals surface area contributed by atoms with Gasteiger partial charge in [-0.1, -0.05) is 6.92 Å². The van der Waals surface area contributed by atoms with Gasteiger partial charge in [0.2, 0.25) is 0 Å². The van der Waals surface area contributed by atoms with Gasteiger partial charge in [0.25, 0.3) is 0 Å². The fourth-order valence-electron chi connectivity index (χ4n) is 3.36. The minimum absolute atomic E-state index is 0.0983. The predicted molar refractivity (Wildman–Crippen MR) is 93.0 cm³/mol. The lowest BCUT2D eigenvalue weighted by Gasteiger charge is -2.31. The van der Waals surface area contributed by atoms with Crippen LogP contribution >= 0.6 is 0 Å². The van der Waals surface area contributed by atoms with Crippen LogP contribution in [0.15, 0.2) is 0 Å². The van der Waals surface area contributed by atoms with Crippen molar-refractivity contribution in [2.45, 2.75) is 45.1 Å². The summed E-state index contributed by atoms with van der Waals surface area (Å²) in [7, 11) is 1.39. The topological polar surface area (TPSA) is 73.9 Å². The van der Waals surface area contributed by atoms with E-state index in [2.05, 4.69) is 22.5 Å². The summed E-state index contributed by atoms with van der Waals surface area (Å²) in [5, 5.41) is 5.94. The highest BCUT2D eigenvalue weighted by molar-refractivity contribution is 5.74. The van der Waals surface area contributed by atoms with Crippen molar-refractivity contribution in [3.05, 3.63) is 0 Å². The average molecular weight is 340 g/mol. The molecule has 7 heteroatoms. The van der Waals surface area contributed by atoms with Gasteiger partial charge in [-0.25, -0.2) is 9.59 Å². The summed E-state index contributed by atoms with van der Waals surface area (Å²) in [4.78, 5) is 27.5. The smallest absolute Gasteiger partial charge is 0.409 e. The van der Waals surface area contributed by atoms with Crippen LogP contribution in [0.1, 0.15) is 39.0 Å². The maximum atomic E-state index is 11.9. The first-order chi connectivity index (χ1) is 11.6. The number of likely N-dealkylation sites (tertiary alicyclic amines) is 2. The molecular formula is C17H32N4O3. The maximum absolute atomic E-state index is 11.9. The predicted octanol–water partition coefficient (Wildman–Crippen LogP) is 1.64. The number of hydrogen-bond acceptors (Lipinski definition) is 4. The molecule has 0 spiro atoms. The molecule has 24 heavy (non-hydrogen) atoms. The van der Waals surface area contributed by atoms with Crippen molar-refractivity contribution in [1.29, 1.82) is 0 Å². The second-order valence-electron chi connectivity index (χ2n) is 7.01. The van der Waals surface area contributed by atoms with Crippen LogP contribution in [0.5, 0.6) is 0 Å². The van der Waals surface area contributed by atoms with Gasteiger partial charge in [-0.2, -0.15) is 0 Å². The summed E-state index contributed by atoms with van der Waals surface area (Å²) in [6.07, 6.45) is 4.83. The van der Waals surface area contributed by atoms with Gasteiger partial charge in [0.15, 0.2) is 0 Å². The van der Waals surface area contributed by atoms with E-state index in [1.165, 1.54) is 33.0 Å². The van der Waals surface area contributed by atoms with Crippen LogP contribution in [-0.2, 0) is 4.74 Å². The molecule has 138 valence electrons. The van der Waals surface area contributed by atoms with Crippen molar-refractivity contribution in [3.63, 3.8) is 0 Å². The van der Waals surface area contributed by atoms with Crippen molar-refractivity contribution < 1.29 is 14.3 Å². The molecule has 7 nitrogen and oxygen atoms in total. The molecule has 2 aliphatic rings. The number of carbonyl (C=O) groups excluding carboxylic acids is 2. The first kappa shape index (κ1) is 18.8. The third-order valence-electron chi connectivity index (χ3n) is 5.08. The number of urea groups is 1. The van der Waals surface area contributed by atoms with Crippen LogP contribution in [0.4, 0.5) is 9.59 Å². The van der Waals surface area contributed by atoms with Crippen molar-refractivity contribution in [1.82, 2.24) is 20.4 Å². The highest BCUT2D eigenvalue weighted by atomic mass is 16.5. The Balaban J connectivity index is 1.52. The Kier molecular flexibility index (Phi) is 7.62. The quantitative estimate of drug-likeness (QED) is 0.746. The Bertz CT molecular complexity index is 403. The molecule has 2 N–H and O–H groups in total. The van der Waals surface area contributed by atoms with Crippen LogP contribution in [0.2, 0.25) is 0 Å². The molecule has 0 aliphatic carbocycles. The number of piperidine rings is 2. The molecule has 2 fully saturated rings. The molecule has 0 aromatic heterocycles. The molecule has 0 saturated carbocycles. The Morgan fingerprint density at radius 1 is 1.08 bits per heavy atom. The fourth-order valence-corrected chi connectivity index (χ4v) is 3.36. The largest absolute Gasteiger partial charge is 0.453 e. The second-order valence-corrected chi connectivity index (χ2v) is 7.01. The van der Waals surface area contributed by atoms with Crippen LogP contribution in [-0.4, -0.2) is 74.3 Å². The monoisotopic (exact) mass is 340 g/mol. The third-order valence-corrected chi connectivity index (χ3v) is 5.08. The number of amides is 3. The molecular weight excluding hydrogens is 308 g/mol. The van der Waals surface area contributed by atoms with Gasteiger partial charge in [0.05, 0.1) is 7.11 Å². The van der Waals surface area contributed by atoms with E-state index in [1.807, 2.05) is 0 Å². The summed E-state index contributed by atoms with van der Waals surface area (Å²) < 4.78 is 4.71. The van der Waals surface area contributed by atoms with Gasteiger partial charge >= 0.3 is 12.1 Å². The maximum Gasteiger partial charge on any atom is 0.409 e. The van der Waals surface area contributed by atoms with Crippen molar-refractivity contribution in [2.24, 2.45) is 5.92 Å². The molecule has 0 atom stereocenters. The van der Waals surface area contributed by atoms with Crippen LogP contribution < -0.4 is 10.6 Å². The first-order valence-electron chi connectivity index (χ1n) is 9.18. The number of ether oxygens (including phenoxy) is 1. The van der Waals surface area contributed by atoms with E-state index >= 15 is 0 Å². The van der Waals surface area contributed by atoms with Crippen molar-refractivity contribution in [2.75, 3.05) is 46.4 Å². The minimum atomic E-state index is -0.287. The van der Waals surface area contributed by atoms with E-state index in [0.717, 1.165) is 31.7 Å². The van der Waals surface area contributed by atoms with Crippen LogP contribution in [0.3, 0.4) is 0 Å². The van der Waals surface area contributed by atoms with Gasteiger partial charge in [0.1, 0.15) is 0 Å². The van der Waals surface area contributed by atoms with Gasteiger partial charge in [0, 0.05) is 25.7 Å². The number of carbonyl (C=O) groups is 2. The average Bonchev–Trinajstić information content (AvgIpc) is 2.60. The van der Waals surface area contributed by atoms with Gasteiger partial charge < -0.3 is 25.2 Å². The highest BCUT2D eigenvalue weighted by Gasteiger charge is 2.24. The molecule has 0 unspecified atom stereocenters. The number of nitrogens with one attached hydrogen (secondary N) is 2. The lowest BCUT2D eigenvalue weighted by molar-refractivity contribution is 0.110. The molecule has 2 heterocycles. The second kappa shape index (κ2) is 9.71. The molecule has 0 aromatic rings. The Morgan fingerprint density at radius 3 is 2.38 bits per heavy atom. The summed E-state index contributed by atoms with van der Waals surface area (Å²) in [5.41, 5.74) is 0. The zero-order valence-electron chi connectivity index (χ0n) is 15.1. The van der Waals surface area contributed by atoms with Crippen LogP contribution in [0, 0.1) is 5.92 Å². The molecule has 2 saturated heterocycles.